The summed E-state index contributed by atoms with van der Waals surface area (Å²) in [5.41, 5.74) is 2.63. The van der Waals surface area contributed by atoms with Crippen molar-refractivity contribution >= 4 is 0 Å². The molecule has 1 saturated heterocycles. The molecule has 2 heteroatoms. The number of likely N-dealkylation sites (tertiary alicyclic amines) is 1. The number of nitrogens with zero attached hydrogens (tertiary/aromatic N) is 1. The molecule has 0 saturated carbocycles. The maximum atomic E-state index is 12.0. The fourth-order valence-electron chi connectivity index (χ4n) is 4.90. The molecule has 0 radical (unpaired) electrons. The van der Waals surface area contributed by atoms with Crippen LogP contribution >= 0.6 is 0 Å². The Kier molecular flexibility index (Phi) is 3.98. The second-order valence-corrected chi connectivity index (χ2v) is 7.74. The SMILES string of the molecule is CC(C)N1CC[C@H]2[C@@H](Cc3ccccc3C2(O)c2ccccc2)C1. The summed E-state index contributed by atoms with van der Waals surface area (Å²) in [6, 6.07) is 19.4. The lowest BCUT2D eigenvalue weighted by atomic mass is 9.61. The van der Waals surface area contributed by atoms with Crippen molar-refractivity contribution < 1.29 is 5.11 Å². The third-order valence-electron chi connectivity index (χ3n) is 6.16. The van der Waals surface area contributed by atoms with Crippen molar-refractivity contribution in [2.75, 3.05) is 13.1 Å². The minimum atomic E-state index is -0.857. The van der Waals surface area contributed by atoms with Gasteiger partial charge in [-0.15, -0.1) is 0 Å². The van der Waals surface area contributed by atoms with E-state index in [1.807, 2.05) is 18.2 Å². The van der Waals surface area contributed by atoms with E-state index in [1.54, 1.807) is 0 Å². The number of hydrogen-bond donors (Lipinski definition) is 1. The molecule has 4 rings (SSSR count). The summed E-state index contributed by atoms with van der Waals surface area (Å²) in [5.74, 6) is 0.811. The van der Waals surface area contributed by atoms with Gasteiger partial charge in [-0.1, -0.05) is 54.6 Å². The second-order valence-electron chi connectivity index (χ2n) is 7.74. The first kappa shape index (κ1) is 15.9. The maximum absolute atomic E-state index is 12.0. The zero-order valence-corrected chi connectivity index (χ0v) is 14.7. The van der Waals surface area contributed by atoms with Crippen molar-refractivity contribution in [2.45, 2.75) is 38.3 Å². The Bertz CT molecular complexity index is 711. The highest BCUT2D eigenvalue weighted by Crippen LogP contribution is 2.50. The molecule has 1 N–H and O–H groups in total. The van der Waals surface area contributed by atoms with Crippen LogP contribution in [-0.4, -0.2) is 29.1 Å². The lowest BCUT2D eigenvalue weighted by molar-refractivity contribution is -0.0604. The smallest absolute Gasteiger partial charge is 0.118 e. The van der Waals surface area contributed by atoms with E-state index in [0.717, 1.165) is 37.1 Å². The summed E-state index contributed by atoms with van der Waals surface area (Å²) in [6.07, 6.45) is 2.14. The quantitative estimate of drug-likeness (QED) is 0.909. The van der Waals surface area contributed by atoms with Crippen LogP contribution in [0.4, 0.5) is 0 Å². The lowest BCUT2D eigenvalue weighted by Crippen LogP contribution is -2.54. The number of piperidine rings is 1. The third kappa shape index (κ3) is 2.40. The van der Waals surface area contributed by atoms with Crippen LogP contribution < -0.4 is 0 Å². The Morgan fingerprint density at radius 2 is 1.75 bits per heavy atom. The van der Waals surface area contributed by atoms with Crippen molar-refractivity contribution in [1.82, 2.24) is 4.90 Å². The van der Waals surface area contributed by atoms with Gasteiger partial charge in [0.05, 0.1) is 0 Å². The molecule has 2 aromatic carbocycles. The van der Waals surface area contributed by atoms with E-state index in [4.69, 9.17) is 0 Å². The molecule has 2 nitrogen and oxygen atoms in total. The molecule has 1 heterocycles. The zero-order chi connectivity index (χ0) is 16.7. The van der Waals surface area contributed by atoms with E-state index in [9.17, 15) is 5.11 Å². The number of fused-ring (bicyclic) bond motifs is 2. The molecular weight excluding hydrogens is 294 g/mol. The number of aliphatic hydroxyl groups is 1. The highest BCUT2D eigenvalue weighted by atomic mass is 16.3. The van der Waals surface area contributed by atoms with Gasteiger partial charge in [-0.25, -0.2) is 0 Å². The zero-order valence-electron chi connectivity index (χ0n) is 14.7. The van der Waals surface area contributed by atoms with Crippen LogP contribution in [0.5, 0.6) is 0 Å². The molecule has 1 aliphatic carbocycles. The predicted octanol–water partition coefficient (Wildman–Crippen LogP) is 3.83. The summed E-state index contributed by atoms with van der Waals surface area (Å²) in [4.78, 5) is 2.57. The Hall–Kier alpha value is -1.64. The van der Waals surface area contributed by atoms with Crippen LogP contribution in [0.1, 0.15) is 37.0 Å². The Labute approximate surface area is 145 Å². The van der Waals surface area contributed by atoms with Gasteiger partial charge in [0.25, 0.3) is 0 Å². The summed E-state index contributed by atoms with van der Waals surface area (Å²) in [5, 5.41) is 12.0. The van der Waals surface area contributed by atoms with E-state index >= 15 is 0 Å². The monoisotopic (exact) mass is 321 g/mol. The van der Waals surface area contributed by atoms with Crippen LogP contribution in [0.3, 0.4) is 0 Å². The van der Waals surface area contributed by atoms with Gasteiger partial charge in [0.2, 0.25) is 0 Å². The fourth-order valence-corrected chi connectivity index (χ4v) is 4.90. The van der Waals surface area contributed by atoms with Gasteiger partial charge >= 0.3 is 0 Å². The first-order valence-corrected chi connectivity index (χ1v) is 9.21. The molecule has 2 aliphatic rings. The van der Waals surface area contributed by atoms with E-state index < -0.39 is 5.60 Å². The van der Waals surface area contributed by atoms with Gasteiger partial charge in [-0.3, -0.25) is 0 Å². The summed E-state index contributed by atoms with van der Waals surface area (Å²) in [7, 11) is 0. The maximum Gasteiger partial charge on any atom is 0.118 e. The molecule has 1 unspecified atom stereocenters. The third-order valence-corrected chi connectivity index (χ3v) is 6.16. The normalized spacial score (nSPS) is 30.0. The van der Waals surface area contributed by atoms with Crippen molar-refractivity contribution in [2.24, 2.45) is 11.8 Å². The van der Waals surface area contributed by atoms with Crippen molar-refractivity contribution in [3.05, 3.63) is 71.3 Å². The minimum Gasteiger partial charge on any atom is -0.380 e. The molecule has 1 fully saturated rings. The molecule has 2 aromatic rings. The van der Waals surface area contributed by atoms with Crippen LogP contribution in [0.25, 0.3) is 0 Å². The minimum absolute atomic E-state index is 0.296. The Morgan fingerprint density at radius 1 is 1.04 bits per heavy atom. The van der Waals surface area contributed by atoms with E-state index in [2.05, 4.69) is 55.1 Å². The number of hydrogen-bond acceptors (Lipinski definition) is 2. The number of benzene rings is 2. The van der Waals surface area contributed by atoms with Crippen molar-refractivity contribution in [3.8, 4) is 0 Å². The van der Waals surface area contributed by atoms with Crippen LogP contribution in [-0.2, 0) is 12.0 Å². The van der Waals surface area contributed by atoms with Crippen molar-refractivity contribution in [3.63, 3.8) is 0 Å². The van der Waals surface area contributed by atoms with Gasteiger partial charge in [-0.05, 0) is 55.8 Å². The van der Waals surface area contributed by atoms with Gasteiger partial charge in [0.1, 0.15) is 5.60 Å². The molecule has 0 spiro atoms. The van der Waals surface area contributed by atoms with Crippen LogP contribution in [0.2, 0.25) is 0 Å². The topological polar surface area (TPSA) is 23.5 Å². The average Bonchev–Trinajstić information content (AvgIpc) is 2.62. The largest absolute Gasteiger partial charge is 0.380 e. The lowest BCUT2D eigenvalue weighted by Gasteiger charge is -2.51. The molecule has 24 heavy (non-hydrogen) atoms. The van der Waals surface area contributed by atoms with E-state index in [1.165, 1.54) is 5.56 Å². The van der Waals surface area contributed by atoms with Gasteiger partial charge in [0.15, 0.2) is 0 Å². The number of rotatable bonds is 2. The Balaban J connectivity index is 1.82. The molecular formula is C22H27NO. The molecule has 1 aliphatic heterocycles. The van der Waals surface area contributed by atoms with Crippen LogP contribution in [0, 0.1) is 11.8 Å². The van der Waals surface area contributed by atoms with Crippen LogP contribution in [0.15, 0.2) is 54.6 Å². The molecule has 0 amide bonds. The van der Waals surface area contributed by atoms with Crippen molar-refractivity contribution in [1.29, 1.82) is 0 Å². The first-order chi connectivity index (χ1) is 11.6. The predicted molar refractivity (Wildman–Crippen MR) is 97.9 cm³/mol. The van der Waals surface area contributed by atoms with Gasteiger partial charge in [-0.2, -0.15) is 0 Å². The fraction of sp³-hybridized carbons (Fsp3) is 0.455. The summed E-state index contributed by atoms with van der Waals surface area (Å²) in [6.45, 7) is 6.73. The van der Waals surface area contributed by atoms with Gasteiger partial charge in [0, 0.05) is 18.5 Å². The molecule has 3 atom stereocenters. The Morgan fingerprint density at radius 3 is 2.50 bits per heavy atom. The summed E-state index contributed by atoms with van der Waals surface area (Å²) < 4.78 is 0. The standard InChI is InChI=1S/C22H27NO/c1-16(2)23-13-12-21-18(15-23)14-17-8-6-7-11-20(17)22(21,24)19-9-4-3-5-10-19/h3-11,16,18,21,24H,12-15H2,1-2H3/t18-,21-,22?/m0/s1. The first-order valence-electron chi connectivity index (χ1n) is 9.21. The average molecular weight is 321 g/mol. The summed E-state index contributed by atoms with van der Waals surface area (Å²) >= 11 is 0. The highest BCUT2D eigenvalue weighted by molar-refractivity contribution is 5.44. The molecule has 0 bridgehead atoms. The van der Waals surface area contributed by atoms with E-state index in [0.29, 0.717) is 17.9 Å². The highest BCUT2D eigenvalue weighted by Gasteiger charge is 2.50. The second kappa shape index (κ2) is 6.02. The van der Waals surface area contributed by atoms with Gasteiger partial charge < -0.3 is 10.0 Å². The molecule has 126 valence electrons. The molecule has 0 aromatic heterocycles. The van der Waals surface area contributed by atoms with E-state index in [-0.39, 0.29) is 0 Å².